The van der Waals surface area contributed by atoms with Crippen molar-refractivity contribution in [3.63, 3.8) is 0 Å². The smallest absolute Gasteiger partial charge is 0.305 e. The van der Waals surface area contributed by atoms with E-state index in [1.165, 1.54) is 25.3 Å². The number of aliphatic hydroxyl groups excluding tert-OH is 1. The molecule has 0 aliphatic heterocycles. The van der Waals surface area contributed by atoms with E-state index in [4.69, 9.17) is 4.74 Å². The van der Waals surface area contributed by atoms with Gasteiger partial charge in [-0.05, 0) is 49.1 Å². The van der Waals surface area contributed by atoms with E-state index in [0.29, 0.717) is 32.1 Å². The van der Waals surface area contributed by atoms with Gasteiger partial charge < -0.3 is 14.4 Å². The lowest BCUT2D eigenvalue weighted by Crippen LogP contribution is -2.43. The molecule has 31 heavy (non-hydrogen) atoms. The van der Waals surface area contributed by atoms with Crippen LogP contribution in [0.2, 0.25) is 0 Å². The molecule has 1 atom stereocenters. The normalized spacial score (nSPS) is 15.9. The number of halogens is 1. The molecule has 6 heteroatoms. The van der Waals surface area contributed by atoms with Crippen molar-refractivity contribution in [2.24, 2.45) is 0 Å². The first kappa shape index (κ1) is 23.5. The molecule has 1 unspecified atom stereocenters. The average Bonchev–Trinajstić information content (AvgIpc) is 3.19. The second-order valence-electron chi connectivity index (χ2n) is 8.57. The molecule has 0 spiro atoms. The van der Waals surface area contributed by atoms with E-state index in [9.17, 15) is 14.3 Å². The Kier molecular flexibility index (Phi) is 9.10. The molecule has 5 nitrogen and oxygen atoms in total. The maximum atomic E-state index is 13.6. The van der Waals surface area contributed by atoms with Crippen molar-refractivity contribution < 1.29 is 19.0 Å². The molecule has 1 aliphatic rings. The summed E-state index contributed by atoms with van der Waals surface area (Å²) < 4.78 is 21.0. The highest BCUT2D eigenvalue weighted by molar-refractivity contribution is 5.69. The Morgan fingerprint density at radius 2 is 2.06 bits per heavy atom. The van der Waals surface area contributed by atoms with Crippen LogP contribution in [0.25, 0.3) is 0 Å². The van der Waals surface area contributed by atoms with Crippen LogP contribution in [0.4, 0.5) is 4.39 Å². The Morgan fingerprint density at radius 3 is 2.81 bits per heavy atom. The molecular weight excluding hydrogens is 395 g/mol. The van der Waals surface area contributed by atoms with Gasteiger partial charge in [-0.25, -0.2) is 4.39 Å². The van der Waals surface area contributed by atoms with Crippen molar-refractivity contribution in [3.8, 4) is 0 Å². The van der Waals surface area contributed by atoms with Crippen molar-refractivity contribution in [2.75, 3.05) is 13.2 Å². The lowest BCUT2D eigenvalue weighted by Gasteiger charge is -2.35. The van der Waals surface area contributed by atoms with Gasteiger partial charge in [0.2, 0.25) is 0 Å². The molecule has 1 N–H and O–H groups in total. The SMILES string of the molecule is CCCC(=O)OCC(O)CN(Cc1cccn1Cc1cccc(F)c1)C1CCCCC1. The number of rotatable bonds is 11. The number of hydrogen-bond acceptors (Lipinski definition) is 4. The van der Waals surface area contributed by atoms with Gasteiger partial charge >= 0.3 is 5.97 Å². The number of nitrogens with zero attached hydrogens (tertiary/aromatic N) is 2. The first-order chi connectivity index (χ1) is 15.0. The maximum Gasteiger partial charge on any atom is 0.305 e. The highest BCUT2D eigenvalue weighted by atomic mass is 19.1. The number of carbonyl (C=O) groups excluding carboxylic acids is 1. The Bertz CT molecular complexity index is 817. The standard InChI is InChI=1S/C25H35FN2O3/c1-2-8-25(30)31-19-24(29)18-28(22-11-4-3-5-12-22)17-23-13-7-14-27(23)16-20-9-6-10-21(26)15-20/h6-7,9-10,13-15,22,24,29H,2-5,8,11-12,16-19H2,1H3. The summed E-state index contributed by atoms with van der Waals surface area (Å²) in [5, 5.41) is 10.6. The van der Waals surface area contributed by atoms with Crippen molar-refractivity contribution in [1.82, 2.24) is 9.47 Å². The molecule has 0 bridgehead atoms. The fraction of sp³-hybridized carbons (Fsp3) is 0.560. The van der Waals surface area contributed by atoms with Crippen LogP contribution in [0, 0.1) is 5.82 Å². The summed E-state index contributed by atoms with van der Waals surface area (Å²) in [6.45, 7) is 3.74. The molecule has 1 heterocycles. The largest absolute Gasteiger partial charge is 0.463 e. The van der Waals surface area contributed by atoms with Gasteiger partial charge in [0.1, 0.15) is 18.5 Å². The first-order valence-corrected chi connectivity index (χ1v) is 11.5. The highest BCUT2D eigenvalue weighted by Crippen LogP contribution is 2.25. The summed E-state index contributed by atoms with van der Waals surface area (Å²) in [5.74, 6) is -0.481. The third-order valence-electron chi connectivity index (χ3n) is 5.96. The minimum Gasteiger partial charge on any atom is -0.463 e. The third-order valence-corrected chi connectivity index (χ3v) is 5.96. The number of aliphatic hydroxyl groups is 1. The van der Waals surface area contributed by atoms with E-state index >= 15 is 0 Å². The van der Waals surface area contributed by atoms with Crippen LogP contribution in [-0.4, -0.2) is 45.8 Å². The minimum atomic E-state index is -0.714. The Balaban J connectivity index is 1.66. The van der Waals surface area contributed by atoms with Crippen LogP contribution >= 0.6 is 0 Å². The molecule has 3 rings (SSSR count). The van der Waals surface area contributed by atoms with Gasteiger partial charge in [-0.3, -0.25) is 9.69 Å². The zero-order valence-electron chi connectivity index (χ0n) is 18.5. The van der Waals surface area contributed by atoms with Crippen LogP contribution in [0.3, 0.4) is 0 Å². The number of benzene rings is 1. The molecule has 0 radical (unpaired) electrons. The quantitative estimate of drug-likeness (QED) is 0.533. The predicted molar refractivity (Wildman–Crippen MR) is 119 cm³/mol. The van der Waals surface area contributed by atoms with Crippen molar-refractivity contribution in [3.05, 3.63) is 59.7 Å². The van der Waals surface area contributed by atoms with Gasteiger partial charge in [0.05, 0.1) is 0 Å². The summed E-state index contributed by atoms with van der Waals surface area (Å²) in [6, 6.07) is 11.2. The Labute approximate surface area is 184 Å². The molecule has 0 saturated heterocycles. The molecule has 170 valence electrons. The summed E-state index contributed by atoms with van der Waals surface area (Å²) in [4.78, 5) is 14.0. The number of ether oxygens (including phenoxy) is 1. The number of esters is 1. The van der Waals surface area contributed by atoms with Crippen LogP contribution < -0.4 is 0 Å². The Morgan fingerprint density at radius 1 is 1.26 bits per heavy atom. The number of carbonyl (C=O) groups is 1. The minimum absolute atomic E-state index is 0.0341. The highest BCUT2D eigenvalue weighted by Gasteiger charge is 2.25. The molecule has 2 aromatic rings. The summed E-state index contributed by atoms with van der Waals surface area (Å²) in [5.41, 5.74) is 2.05. The zero-order valence-corrected chi connectivity index (χ0v) is 18.5. The van der Waals surface area contributed by atoms with Crippen LogP contribution in [0.5, 0.6) is 0 Å². The second-order valence-corrected chi connectivity index (χ2v) is 8.57. The van der Waals surface area contributed by atoms with Crippen LogP contribution in [0.1, 0.15) is 63.1 Å². The first-order valence-electron chi connectivity index (χ1n) is 11.5. The lowest BCUT2D eigenvalue weighted by atomic mass is 9.94. The predicted octanol–water partition coefficient (Wildman–Crippen LogP) is 4.51. The van der Waals surface area contributed by atoms with Gasteiger partial charge in [0.25, 0.3) is 0 Å². The van der Waals surface area contributed by atoms with Crippen molar-refractivity contribution in [2.45, 2.75) is 77.1 Å². The Hall–Kier alpha value is -2.18. The molecule has 0 amide bonds. The van der Waals surface area contributed by atoms with E-state index in [2.05, 4.69) is 15.5 Å². The molecule has 1 aliphatic carbocycles. The van der Waals surface area contributed by atoms with Gasteiger partial charge in [-0.15, -0.1) is 0 Å². The molecule has 1 fully saturated rings. The van der Waals surface area contributed by atoms with Crippen LogP contribution in [0.15, 0.2) is 42.6 Å². The average molecular weight is 431 g/mol. The van der Waals surface area contributed by atoms with E-state index in [1.54, 1.807) is 12.1 Å². The van der Waals surface area contributed by atoms with E-state index in [-0.39, 0.29) is 18.4 Å². The van der Waals surface area contributed by atoms with Crippen molar-refractivity contribution >= 4 is 5.97 Å². The fourth-order valence-corrected chi connectivity index (χ4v) is 4.37. The topological polar surface area (TPSA) is 54.7 Å². The monoisotopic (exact) mass is 430 g/mol. The zero-order chi connectivity index (χ0) is 22.1. The summed E-state index contributed by atoms with van der Waals surface area (Å²) >= 11 is 0. The molecular formula is C25H35FN2O3. The second kappa shape index (κ2) is 12.0. The molecule has 1 aromatic carbocycles. The number of aromatic nitrogens is 1. The van der Waals surface area contributed by atoms with Gasteiger partial charge in [0.15, 0.2) is 0 Å². The third kappa shape index (κ3) is 7.47. The fourth-order valence-electron chi connectivity index (χ4n) is 4.37. The number of hydrogen-bond donors (Lipinski definition) is 1. The maximum absolute atomic E-state index is 13.6. The summed E-state index contributed by atoms with van der Waals surface area (Å²) in [7, 11) is 0. The van der Waals surface area contributed by atoms with E-state index in [0.717, 1.165) is 30.5 Å². The van der Waals surface area contributed by atoms with Crippen LogP contribution in [-0.2, 0) is 22.6 Å². The summed E-state index contributed by atoms with van der Waals surface area (Å²) in [6.07, 6.45) is 8.33. The molecule has 1 aromatic heterocycles. The van der Waals surface area contributed by atoms with E-state index < -0.39 is 6.10 Å². The van der Waals surface area contributed by atoms with Crippen molar-refractivity contribution in [1.29, 1.82) is 0 Å². The van der Waals surface area contributed by atoms with Gasteiger partial charge in [-0.2, -0.15) is 0 Å². The lowest BCUT2D eigenvalue weighted by molar-refractivity contribution is -0.147. The van der Waals surface area contributed by atoms with Gasteiger partial charge in [-0.1, -0.05) is 38.3 Å². The van der Waals surface area contributed by atoms with Gasteiger partial charge in [0, 0.05) is 44.0 Å². The van der Waals surface area contributed by atoms with E-state index in [1.807, 2.05) is 25.3 Å². The molecule has 1 saturated carbocycles.